The molecule has 0 aliphatic rings. The first-order valence-corrected chi connectivity index (χ1v) is 10.4. The van der Waals surface area contributed by atoms with Crippen LogP contribution in [0.15, 0.2) is 0 Å². The molecule has 0 aromatic carbocycles. The Labute approximate surface area is 156 Å². The van der Waals surface area contributed by atoms with Crippen LogP contribution in [0.25, 0.3) is 0 Å². The Kier molecular flexibility index (Phi) is 13.0. The lowest BCUT2D eigenvalue weighted by molar-refractivity contribution is -0.120. The SMILES string of the molecule is CC(C)COCCCCOCCNC(=O)NS(=O)(=O)NC(=O)CC(C)C. The van der Waals surface area contributed by atoms with Crippen LogP contribution < -0.4 is 14.8 Å². The molecule has 9 nitrogen and oxygen atoms in total. The second kappa shape index (κ2) is 13.8. The molecule has 0 aromatic heterocycles. The van der Waals surface area contributed by atoms with Gasteiger partial charge in [0.25, 0.3) is 0 Å². The average Bonchev–Trinajstić information content (AvgIpc) is 2.46. The van der Waals surface area contributed by atoms with Crippen molar-refractivity contribution in [2.45, 2.75) is 47.0 Å². The van der Waals surface area contributed by atoms with Crippen LogP contribution in [-0.4, -0.2) is 53.3 Å². The molecule has 0 rings (SSSR count). The lowest BCUT2D eigenvalue weighted by Crippen LogP contribution is -2.47. The number of hydrogen-bond donors (Lipinski definition) is 3. The molecule has 3 amide bonds. The molecule has 0 bridgehead atoms. The molecule has 0 saturated carbocycles. The number of amides is 3. The maximum Gasteiger partial charge on any atom is 0.329 e. The van der Waals surface area contributed by atoms with Crippen molar-refractivity contribution in [2.75, 3.05) is 33.0 Å². The number of ether oxygens (including phenoxy) is 2. The molecule has 0 radical (unpaired) electrons. The first kappa shape index (κ1) is 24.6. The standard InChI is InChI=1S/C16H33N3O6S/c1-13(2)11-15(20)18-26(22,23)19-16(21)17-7-10-24-8-5-6-9-25-12-14(3)4/h13-14H,5-12H2,1-4H3,(H,18,20)(H2,17,19,21). The monoisotopic (exact) mass is 395 g/mol. The van der Waals surface area contributed by atoms with Crippen LogP contribution in [0, 0.1) is 11.8 Å². The summed E-state index contributed by atoms with van der Waals surface area (Å²) in [5.41, 5.74) is 0. The second-order valence-corrected chi connectivity index (χ2v) is 8.19. The lowest BCUT2D eigenvalue weighted by Gasteiger charge is -2.11. The van der Waals surface area contributed by atoms with E-state index in [9.17, 15) is 18.0 Å². The van der Waals surface area contributed by atoms with E-state index in [2.05, 4.69) is 19.2 Å². The highest BCUT2D eigenvalue weighted by Crippen LogP contribution is 1.98. The van der Waals surface area contributed by atoms with Gasteiger partial charge in [-0.25, -0.2) is 14.2 Å². The Balaban J connectivity index is 3.69. The number of hydrogen-bond acceptors (Lipinski definition) is 6. The molecule has 0 spiro atoms. The van der Waals surface area contributed by atoms with E-state index in [0.717, 1.165) is 19.4 Å². The molecule has 154 valence electrons. The molecule has 0 heterocycles. The molecule has 26 heavy (non-hydrogen) atoms. The van der Waals surface area contributed by atoms with Crippen LogP contribution in [-0.2, 0) is 24.5 Å². The largest absolute Gasteiger partial charge is 0.381 e. The van der Waals surface area contributed by atoms with Crippen molar-refractivity contribution in [1.82, 2.24) is 14.8 Å². The third-order valence-electron chi connectivity index (χ3n) is 2.88. The average molecular weight is 396 g/mol. The van der Waals surface area contributed by atoms with Gasteiger partial charge in [0.1, 0.15) is 0 Å². The summed E-state index contributed by atoms with van der Waals surface area (Å²) in [5.74, 6) is -0.130. The fraction of sp³-hybridized carbons (Fsp3) is 0.875. The van der Waals surface area contributed by atoms with Crippen molar-refractivity contribution in [3.8, 4) is 0 Å². The Morgan fingerprint density at radius 1 is 0.885 bits per heavy atom. The summed E-state index contributed by atoms with van der Waals surface area (Å²) in [7, 11) is -4.21. The van der Waals surface area contributed by atoms with Gasteiger partial charge in [0, 0.05) is 32.8 Å². The maximum atomic E-state index is 11.6. The molecular formula is C16H33N3O6S. The summed E-state index contributed by atoms with van der Waals surface area (Å²) in [6.45, 7) is 10.2. The highest BCUT2D eigenvalue weighted by molar-refractivity contribution is 7.88. The highest BCUT2D eigenvalue weighted by Gasteiger charge is 2.17. The maximum absolute atomic E-state index is 11.6. The van der Waals surface area contributed by atoms with Gasteiger partial charge in [-0.1, -0.05) is 27.7 Å². The predicted octanol–water partition coefficient (Wildman–Crippen LogP) is 1.16. The number of nitrogens with one attached hydrogen (secondary N) is 3. The zero-order valence-corrected chi connectivity index (χ0v) is 17.0. The van der Waals surface area contributed by atoms with Gasteiger partial charge in [-0.2, -0.15) is 8.42 Å². The summed E-state index contributed by atoms with van der Waals surface area (Å²) in [5, 5.41) is 2.35. The third-order valence-corrected chi connectivity index (χ3v) is 3.83. The van der Waals surface area contributed by atoms with E-state index in [1.54, 1.807) is 23.3 Å². The molecule has 0 saturated heterocycles. The summed E-state index contributed by atoms with van der Waals surface area (Å²) >= 11 is 0. The molecule has 10 heteroatoms. The van der Waals surface area contributed by atoms with E-state index >= 15 is 0 Å². The minimum absolute atomic E-state index is 0.0120. The number of unbranched alkanes of at least 4 members (excludes halogenated alkanes) is 1. The predicted molar refractivity (Wildman–Crippen MR) is 98.8 cm³/mol. The van der Waals surface area contributed by atoms with E-state index in [1.807, 2.05) is 0 Å². The number of carbonyl (C=O) groups is 2. The normalized spacial score (nSPS) is 11.6. The number of rotatable bonds is 14. The molecule has 0 aliphatic carbocycles. The summed E-state index contributed by atoms with van der Waals surface area (Å²) in [6.07, 6.45) is 1.80. The van der Waals surface area contributed by atoms with Crippen molar-refractivity contribution >= 4 is 22.1 Å². The smallest absolute Gasteiger partial charge is 0.329 e. The van der Waals surface area contributed by atoms with Crippen molar-refractivity contribution in [1.29, 1.82) is 0 Å². The first-order valence-electron chi connectivity index (χ1n) is 8.89. The fourth-order valence-corrected chi connectivity index (χ4v) is 2.56. The quantitative estimate of drug-likeness (QED) is 0.379. The van der Waals surface area contributed by atoms with E-state index in [-0.39, 0.29) is 25.5 Å². The molecule has 0 unspecified atom stereocenters. The van der Waals surface area contributed by atoms with E-state index < -0.39 is 22.1 Å². The van der Waals surface area contributed by atoms with Gasteiger partial charge < -0.3 is 14.8 Å². The van der Waals surface area contributed by atoms with Gasteiger partial charge in [-0.15, -0.1) is 0 Å². The topological polar surface area (TPSA) is 123 Å². The first-order chi connectivity index (χ1) is 12.1. The molecular weight excluding hydrogens is 362 g/mol. The van der Waals surface area contributed by atoms with Crippen LogP contribution in [0.1, 0.15) is 47.0 Å². The van der Waals surface area contributed by atoms with E-state index in [4.69, 9.17) is 9.47 Å². The van der Waals surface area contributed by atoms with Crippen LogP contribution in [0.4, 0.5) is 4.79 Å². The molecule has 0 aromatic rings. The number of carbonyl (C=O) groups excluding carboxylic acids is 2. The van der Waals surface area contributed by atoms with E-state index in [0.29, 0.717) is 19.1 Å². The zero-order valence-electron chi connectivity index (χ0n) is 16.2. The van der Waals surface area contributed by atoms with Gasteiger partial charge in [-0.05, 0) is 24.7 Å². The second-order valence-electron chi connectivity index (χ2n) is 6.77. The van der Waals surface area contributed by atoms with Crippen LogP contribution in [0.3, 0.4) is 0 Å². The summed E-state index contributed by atoms with van der Waals surface area (Å²) in [6, 6.07) is -0.916. The van der Waals surface area contributed by atoms with Crippen LogP contribution in [0.2, 0.25) is 0 Å². The molecule has 0 fully saturated rings. The zero-order chi connectivity index (χ0) is 20.0. The van der Waals surface area contributed by atoms with Crippen molar-refractivity contribution < 1.29 is 27.5 Å². The summed E-state index contributed by atoms with van der Waals surface area (Å²) in [4.78, 5) is 22.9. The molecule has 0 aliphatic heterocycles. The van der Waals surface area contributed by atoms with Crippen molar-refractivity contribution in [2.24, 2.45) is 11.8 Å². The van der Waals surface area contributed by atoms with Gasteiger partial charge in [0.15, 0.2) is 0 Å². The van der Waals surface area contributed by atoms with Gasteiger partial charge in [0.2, 0.25) is 5.91 Å². The molecule has 3 N–H and O–H groups in total. The minimum Gasteiger partial charge on any atom is -0.381 e. The lowest BCUT2D eigenvalue weighted by atomic mass is 10.1. The van der Waals surface area contributed by atoms with Gasteiger partial charge in [-0.3, -0.25) is 4.79 Å². The Morgan fingerprint density at radius 3 is 2.08 bits per heavy atom. The minimum atomic E-state index is -4.21. The van der Waals surface area contributed by atoms with Gasteiger partial charge in [0.05, 0.1) is 6.61 Å². The Hall–Kier alpha value is -1.39. The summed E-state index contributed by atoms with van der Waals surface area (Å²) < 4.78 is 37.4. The fourth-order valence-electron chi connectivity index (χ4n) is 1.81. The molecule has 0 atom stereocenters. The van der Waals surface area contributed by atoms with E-state index in [1.165, 1.54) is 0 Å². The number of urea groups is 1. The van der Waals surface area contributed by atoms with Crippen LogP contribution in [0.5, 0.6) is 0 Å². The Bertz CT molecular complexity index is 508. The Morgan fingerprint density at radius 2 is 1.50 bits per heavy atom. The van der Waals surface area contributed by atoms with Crippen LogP contribution >= 0.6 is 0 Å². The third kappa shape index (κ3) is 16.1. The van der Waals surface area contributed by atoms with Crippen molar-refractivity contribution in [3.05, 3.63) is 0 Å². The van der Waals surface area contributed by atoms with Crippen molar-refractivity contribution in [3.63, 3.8) is 0 Å². The highest BCUT2D eigenvalue weighted by atomic mass is 32.2. The van der Waals surface area contributed by atoms with Gasteiger partial charge >= 0.3 is 16.2 Å².